The van der Waals surface area contributed by atoms with E-state index in [2.05, 4.69) is 65.9 Å². The summed E-state index contributed by atoms with van der Waals surface area (Å²) in [6.07, 6.45) is 3.83. The predicted molar refractivity (Wildman–Crippen MR) is 146 cm³/mol. The van der Waals surface area contributed by atoms with Gasteiger partial charge in [-0.3, -0.25) is 4.90 Å². The molecule has 0 saturated carbocycles. The number of nitrogen functional groups attached to an aromatic ring is 1. The van der Waals surface area contributed by atoms with E-state index in [1.165, 1.54) is 5.56 Å². The largest absolute Gasteiger partial charge is 0.439 e. The molecule has 2 aliphatic rings. The Morgan fingerprint density at radius 1 is 0.973 bits per heavy atom. The van der Waals surface area contributed by atoms with Crippen LogP contribution in [0.3, 0.4) is 0 Å². The molecule has 1 atom stereocenters. The summed E-state index contributed by atoms with van der Waals surface area (Å²) in [5.74, 6) is 1.28. The molecule has 0 aliphatic carbocycles. The molecule has 3 heterocycles. The van der Waals surface area contributed by atoms with Crippen LogP contribution in [0.15, 0.2) is 72.9 Å². The molecule has 1 aromatic heterocycles. The monoisotopic (exact) mass is 499 g/mol. The molecule has 3 aromatic rings. The lowest BCUT2D eigenvalue weighted by Crippen LogP contribution is -2.49. The first-order valence-electron chi connectivity index (χ1n) is 13.1. The van der Waals surface area contributed by atoms with Crippen LogP contribution in [0.1, 0.15) is 50.8 Å². The van der Waals surface area contributed by atoms with Gasteiger partial charge in [0, 0.05) is 55.7 Å². The van der Waals surface area contributed by atoms with Gasteiger partial charge in [-0.1, -0.05) is 36.4 Å². The number of rotatable bonds is 6. The van der Waals surface area contributed by atoms with E-state index in [0.717, 1.165) is 44.6 Å². The van der Waals surface area contributed by atoms with Crippen molar-refractivity contribution in [3.8, 4) is 11.6 Å². The summed E-state index contributed by atoms with van der Waals surface area (Å²) in [5, 5.41) is 0. The fourth-order valence-electron chi connectivity index (χ4n) is 5.36. The van der Waals surface area contributed by atoms with Gasteiger partial charge in [0.2, 0.25) is 5.88 Å². The van der Waals surface area contributed by atoms with Crippen molar-refractivity contribution in [3.05, 3.63) is 84.1 Å². The second kappa shape index (κ2) is 10.4. The maximum atomic E-state index is 13.6. The van der Waals surface area contributed by atoms with Crippen LogP contribution in [0.4, 0.5) is 10.5 Å². The van der Waals surface area contributed by atoms with Gasteiger partial charge in [0.25, 0.3) is 0 Å². The number of pyridine rings is 1. The quantitative estimate of drug-likeness (QED) is 0.441. The third-order valence-electron chi connectivity index (χ3n) is 7.39. The molecule has 0 spiro atoms. The number of benzene rings is 2. The molecule has 37 heavy (non-hydrogen) atoms. The molecule has 0 radical (unpaired) electrons. The molecule has 0 unspecified atom stereocenters. The van der Waals surface area contributed by atoms with Gasteiger partial charge in [0.15, 0.2) is 0 Å². The van der Waals surface area contributed by atoms with Gasteiger partial charge in [-0.05, 0) is 69.0 Å². The zero-order valence-corrected chi connectivity index (χ0v) is 22.0. The minimum absolute atomic E-state index is 0.0993. The number of urea groups is 1. The maximum Gasteiger partial charge on any atom is 0.321 e. The number of aromatic nitrogens is 1. The van der Waals surface area contributed by atoms with Crippen molar-refractivity contribution in [2.24, 2.45) is 0 Å². The Labute approximate surface area is 219 Å². The second-order valence-corrected chi connectivity index (χ2v) is 11.1. The Morgan fingerprint density at radius 3 is 2.30 bits per heavy atom. The summed E-state index contributed by atoms with van der Waals surface area (Å²) in [4.78, 5) is 24.7. The van der Waals surface area contributed by atoms with Crippen LogP contribution in [-0.2, 0) is 6.54 Å². The standard InChI is InChI=1S/C30H37N5O2/c1-30(2,3)34-21-27(23-7-5-4-6-8-23)35(29(34)36)25-15-17-33(18-16-25)20-22-9-14-28(32-19-22)37-26-12-10-24(31)11-13-26/h4-14,19,25,27H,15-18,20-21,31H2,1-3H3/t27-/m0/s1. The summed E-state index contributed by atoms with van der Waals surface area (Å²) in [6, 6.07) is 22.3. The van der Waals surface area contributed by atoms with Crippen LogP contribution in [-0.4, -0.2) is 56.9 Å². The second-order valence-electron chi connectivity index (χ2n) is 11.1. The number of carbonyl (C=O) groups excluding carboxylic acids is 1. The van der Waals surface area contributed by atoms with Crippen LogP contribution in [0.2, 0.25) is 0 Å². The van der Waals surface area contributed by atoms with Crippen LogP contribution >= 0.6 is 0 Å². The van der Waals surface area contributed by atoms with Crippen molar-refractivity contribution in [1.82, 2.24) is 19.7 Å². The number of nitrogens with two attached hydrogens (primary N) is 1. The SMILES string of the molecule is CC(C)(C)N1C[C@@H](c2ccccc2)N(C2CCN(Cc3ccc(Oc4ccc(N)cc4)nc3)CC2)C1=O. The highest BCUT2D eigenvalue weighted by Crippen LogP contribution is 2.37. The molecule has 2 amide bonds. The van der Waals surface area contributed by atoms with E-state index in [1.54, 1.807) is 0 Å². The number of piperidine rings is 1. The van der Waals surface area contributed by atoms with E-state index in [9.17, 15) is 4.79 Å². The number of carbonyl (C=O) groups is 1. The van der Waals surface area contributed by atoms with E-state index >= 15 is 0 Å². The number of anilines is 1. The van der Waals surface area contributed by atoms with E-state index in [0.29, 0.717) is 17.3 Å². The molecule has 7 nitrogen and oxygen atoms in total. The van der Waals surface area contributed by atoms with Crippen molar-refractivity contribution >= 4 is 11.7 Å². The van der Waals surface area contributed by atoms with Crippen molar-refractivity contribution in [2.75, 3.05) is 25.4 Å². The Morgan fingerprint density at radius 2 is 1.68 bits per heavy atom. The van der Waals surface area contributed by atoms with Crippen LogP contribution < -0.4 is 10.5 Å². The lowest BCUT2D eigenvalue weighted by atomic mass is 9.98. The zero-order chi connectivity index (χ0) is 26.0. The van der Waals surface area contributed by atoms with E-state index in [-0.39, 0.29) is 23.7 Å². The highest BCUT2D eigenvalue weighted by atomic mass is 16.5. The van der Waals surface area contributed by atoms with Gasteiger partial charge in [-0.15, -0.1) is 0 Å². The minimum Gasteiger partial charge on any atom is -0.439 e. The van der Waals surface area contributed by atoms with Crippen molar-refractivity contribution in [2.45, 2.75) is 57.8 Å². The summed E-state index contributed by atoms with van der Waals surface area (Å²) in [5.41, 5.74) is 8.62. The van der Waals surface area contributed by atoms with E-state index in [1.807, 2.05) is 47.5 Å². The molecule has 2 saturated heterocycles. The molecule has 0 bridgehead atoms. The number of hydrogen-bond acceptors (Lipinski definition) is 5. The highest BCUT2D eigenvalue weighted by molar-refractivity contribution is 5.79. The number of ether oxygens (including phenoxy) is 1. The third-order valence-corrected chi connectivity index (χ3v) is 7.39. The van der Waals surface area contributed by atoms with Gasteiger partial charge in [0.05, 0.1) is 6.04 Å². The summed E-state index contributed by atoms with van der Waals surface area (Å²) in [6.45, 7) is 9.86. The maximum absolute atomic E-state index is 13.6. The Bertz CT molecular complexity index is 1180. The first-order chi connectivity index (χ1) is 17.8. The Hall–Kier alpha value is -3.58. The smallest absolute Gasteiger partial charge is 0.321 e. The topological polar surface area (TPSA) is 74.9 Å². The summed E-state index contributed by atoms with van der Waals surface area (Å²) < 4.78 is 5.82. The zero-order valence-electron chi connectivity index (χ0n) is 22.0. The third kappa shape index (κ3) is 5.72. The van der Waals surface area contributed by atoms with Gasteiger partial charge in [0.1, 0.15) is 5.75 Å². The highest BCUT2D eigenvalue weighted by Gasteiger charge is 2.46. The average molecular weight is 500 g/mol. The van der Waals surface area contributed by atoms with E-state index in [4.69, 9.17) is 10.5 Å². The summed E-state index contributed by atoms with van der Waals surface area (Å²) in [7, 11) is 0. The molecule has 2 N–H and O–H groups in total. The molecule has 7 heteroatoms. The van der Waals surface area contributed by atoms with Crippen molar-refractivity contribution < 1.29 is 9.53 Å². The van der Waals surface area contributed by atoms with Gasteiger partial charge in [-0.2, -0.15) is 0 Å². The number of likely N-dealkylation sites (tertiary alicyclic amines) is 1. The average Bonchev–Trinajstić information content (AvgIpc) is 3.25. The molecule has 2 aliphatic heterocycles. The van der Waals surface area contributed by atoms with Crippen LogP contribution in [0.5, 0.6) is 11.6 Å². The summed E-state index contributed by atoms with van der Waals surface area (Å²) >= 11 is 0. The lowest BCUT2D eigenvalue weighted by Gasteiger charge is -2.39. The number of hydrogen-bond donors (Lipinski definition) is 1. The Balaban J connectivity index is 1.20. The lowest BCUT2D eigenvalue weighted by molar-refractivity contribution is 0.105. The van der Waals surface area contributed by atoms with Crippen molar-refractivity contribution in [3.63, 3.8) is 0 Å². The van der Waals surface area contributed by atoms with Gasteiger partial charge < -0.3 is 20.3 Å². The molecule has 2 aromatic carbocycles. The fourth-order valence-corrected chi connectivity index (χ4v) is 5.36. The van der Waals surface area contributed by atoms with Crippen molar-refractivity contribution in [1.29, 1.82) is 0 Å². The van der Waals surface area contributed by atoms with Gasteiger partial charge >= 0.3 is 6.03 Å². The minimum atomic E-state index is -0.198. The molecule has 194 valence electrons. The first kappa shape index (κ1) is 25.1. The molecule has 5 rings (SSSR count). The Kier molecular flexibility index (Phi) is 7.07. The predicted octanol–water partition coefficient (Wildman–Crippen LogP) is 5.70. The van der Waals surface area contributed by atoms with Crippen LogP contribution in [0, 0.1) is 0 Å². The normalized spacial score (nSPS) is 19.4. The molecule has 2 fully saturated rings. The molecular weight excluding hydrogens is 462 g/mol. The van der Waals surface area contributed by atoms with E-state index < -0.39 is 0 Å². The molecular formula is C30H37N5O2. The van der Waals surface area contributed by atoms with Gasteiger partial charge in [-0.25, -0.2) is 9.78 Å². The fraction of sp³-hybridized carbons (Fsp3) is 0.400. The number of amides is 2. The van der Waals surface area contributed by atoms with Crippen LogP contribution in [0.25, 0.3) is 0 Å². The number of nitrogens with zero attached hydrogens (tertiary/aromatic N) is 4. The first-order valence-corrected chi connectivity index (χ1v) is 13.1.